The SMILES string of the molecule is NC(=O)[C@H](C/C=C/c1ccccc1)NC(=O)[C@@H](Cc1ccccc1)NC(=O)OCc1ccccc1. The molecule has 0 saturated carbocycles. The summed E-state index contributed by atoms with van der Waals surface area (Å²) >= 11 is 0. The van der Waals surface area contributed by atoms with E-state index in [2.05, 4.69) is 10.6 Å². The van der Waals surface area contributed by atoms with Crippen LogP contribution in [0.2, 0.25) is 0 Å². The first-order valence-electron chi connectivity index (χ1n) is 11.3. The number of hydrogen-bond donors (Lipinski definition) is 3. The van der Waals surface area contributed by atoms with E-state index in [4.69, 9.17) is 10.5 Å². The van der Waals surface area contributed by atoms with Gasteiger partial charge in [-0.2, -0.15) is 0 Å². The molecule has 0 fully saturated rings. The summed E-state index contributed by atoms with van der Waals surface area (Å²) in [4.78, 5) is 37.5. The Morgan fingerprint density at radius 1 is 0.771 bits per heavy atom. The molecule has 2 atom stereocenters. The second kappa shape index (κ2) is 13.3. The summed E-state index contributed by atoms with van der Waals surface area (Å²) in [6.07, 6.45) is 3.33. The molecule has 0 aliphatic carbocycles. The molecule has 0 aliphatic rings. The third kappa shape index (κ3) is 8.81. The van der Waals surface area contributed by atoms with Crippen LogP contribution in [0.1, 0.15) is 23.1 Å². The van der Waals surface area contributed by atoms with Gasteiger partial charge < -0.3 is 21.1 Å². The van der Waals surface area contributed by atoms with E-state index >= 15 is 0 Å². The quantitative estimate of drug-likeness (QED) is 0.397. The maximum atomic E-state index is 13.1. The molecule has 0 aliphatic heterocycles. The molecule has 0 radical (unpaired) electrons. The van der Waals surface area contributed by atoms with Gasteiger partial charge in [-0.1, -0.05) is 103 Å². The van der Waals surface area contributed by atoms with Crippen molar-refractivity contribution in [3.05, 3.63) is 114 Å². The molecule has 0 spiro atoms. The Morgan fingerprint density at radius 2 is 1.34 bits per heavy atom. The molecule has 3 rings (SSSR count). The molecule has 0 bridgehead atoms. The summed E-state index contributed by atoms with van der Waals surface area (Å²) in [7, 11) is 0. The minimum Gasteiger partial charge on any atom is -0.445 e. The molecule has 35 heavy (non-hydrogen) atoms. The lowest BCUT2D eigenvalue weighted by Crippen LogP contribution is -2.53. The van der Waals surface area contributed by atoms with Crippen LogP contribution in [0, 0.1) is 0 Å². The van der Waals surface area contributed by atoms with Crippen LogP contribution < -0.4 is 16.4 Å². The molecule has 4 N–H and O–H groups in total. The molecule has 0 unspecified atom stereocenters. The number of rotatable bonds is 11. The highest BCUT2D eigenvalue weighted by atomic mass is 16.5. The first-order valence-corrected chi connectivity index (χ1v) is 11.3. The van der Waals surface area contributed by atoms with Gasteiger partial charge in [0.2, 0.25) is 11.8 Å². The van der Waals surface area contributed by atoms with Gasteiger partial charge in [-0.05, 0) is 23.1 Å². The number of nitrogens with one attached hydrogen (secondary N) is 2. The summed E-state index contributed by atoms with van der Waals surface area (Å²) < 4.78 is 5.28. The normalized spacial score (nSPS) is 12.5. The summed E-state index contributed by atoms with van der Waals surface area (Å²) in [5, 5.41) is 5.29. The molecule has 7 heteroatoms. The Hall–Kier alpha value is -4.39. The number of benzene rings is 3. The van der Waals surface area contributed by atoms with Crippen LogP contribution in [0.25, 0.3) is 6.08 Å². The van der Waals surface area contributed by atoms with Gasteiger partial charge in [-0.25, -0.2) is 4.79 Å². The van der Waals surface area contributed by atoms with Crippen molar-refractivity contribution in [1.29, 1.82) is 0 Å². The zero-order chi connectivity index (χ0) is 24.9. The van der Waals surface area contributed by atoms with Crippen LogP contribution >= 0.6 is 0 Å². The first-order chi connectivity index (χ1) is 17.0. The van der Waals surface area contributed by atoms with E-state index in [0.29, 0.717) is 0 Å². The van der Waals surface area contributed by atoms with E-state index in [1.165, 1.54) is 0 Å². The van der Waals surface area contributed by atoms with Crippen LogP contribution in [0.4, 0.5) is 4.79 Å². The van der Waals surface area contributed by atoms with Gasteiger partial charge in [0.15, 0.2) is 0 Å². The standard InChI is InChI=1S/C28H29N3O4/c29-26(32)24(18-10-17-21-11-4-1-5-12-21)30-27(33)25(19-22-13-6-2-7-14-22)31-28(34)35-20-23-15-8-3-9-16-23/h1-17,24-25H,18-20H2,(H2,29,32)(H,30,33)(H,31,34)/b17-10+/t24-,25+/m0/s1. The highest BCUT2D eigenvalue weighted by Gasteiger charge is 2.26. The third-order valence-corrected chi connectivity index (χ3v) is 5.25. The predicted molar refractivity (Wildman–Crippen MR) is 135 cm³/mol. The molecular formula is C28H29N3O4. The number of hydrogen-bond acceptors (Lipinski definition) is 4. The summed E-state index contributed by atoms with van der Waals surface area (Å²) in [5.74, 6) is -1.19. The summed E-state index contributed by atoms with van der Waals surface area (Å²) in [6.45, 7) is 0.0700. The first kappa shape index (κ1) is 25.2. The Labute approximate surface area is 205 Å². The zero-order valence-electron chi connectivity index (χ0n) is 19.3. The maximum absolute atomic E-state index is 13.1. The van der Waals surface area contributed by atoms with Crippen molar-refractivity contribution in [3.8, 4) is 0 Å². The van der Waals surface area contributed by atoms with Crippen molar-refractivity contribution in [2.75, 3.05) is 0 Å². The Kier molecular flexibility index (Phi) is 9.63. The molecule has 3 amide bonds. The highest BCUT2D eigenvalue weighted by molar-refractivity contribution is 5.91. The molecule has 0 saturated heterocycles. The van der Waals surface area contributed by atoms with Gasteiger partial charge in [-0.15, -0.1) is 0 Å². The number of nitrogens with two attached hydrogens (primary N) is 1. The van der Waals surface area contributed by atoms with Crippen LogP contribution in [-0.4, -0.2) is 30.0 Å². The van der Waals surface area contributed by atoms with Gasteiger partial charge in [0, 0.05) is 6.42 Å². The van der Waals surface area contributed by atoms with Gasteiger partial charge in [-0.3, -0.25) is 9.59 Å². The average Bonchev–Trinajstić information content (AvgIpc) is 2.88. The van der Waals surface area contributed by atoms with Crippen LogP contribution in [0.15, 0.2) is 97.1 Å². The number of carbonyl (C=O) groups excluding carboxylic acids is 3. The van der Waals surface area contributed by atoms with Crippen LogP contribution in [0.3, 0.4) is 0 Å². The minimum absolute atomic E-state index is 0.0700. The molecule has 0 aromatic heterocycles. The molecule has 0 heterocycles. The van der Waals surface area contributed by atoms with E-state index in [1.54, 1.807) is 6.08 Å². The van der Waals surface area contributed by atoms with E-state index in [0.717, 1.165) is 16.7 Å². The Balaban J connectivity index is 1.64. The van der Waals surface area contributed by atoms with Gasteiger partial charge in [0.1, 0.15) is 18.7 Å². The fourth-order valence-corrected chi connectivity index (χ4v) is 3.39. The molecule has 180 valence electrons. The maximum Gasteiger partial charge on any atom is 0.408 e. The monoisotopic (exact) mass is 471 g/mol. The van der Waals surface area contributed by atoms with E-state index in [-0.39, 0.29) is 19.4 Å². The van der Waals surface area contributed by atoms with Crippen molar-refractivity contribution in [2.24, 2.45) is 5.73 Å². The molecule has 3 aromatic carbocycles. The third-order valence-electron chi connectivity index (χ3n) is 5.25. The van der Waals surface area contributed by atoms with E-state index < -0.39 is 30.0 Å². The van der Waals surface area contributed by atoms with Crippen molar-refractivity contribution in [3.63, 3.8) is 0 Å². The predicted octanol–water partition coefficient (Wildman–Crippen LogP) is 3.60. The molecule has 7 nitrogen and oxygen atoms in total. The van der Waals surface area contributed by atoms with Gasteiger partial charge >= 0.3 is 6.09 Å². The lowest BCUT2D eigenvalue weighted by atomic mass is 10.0. The summed E-state index contributed by atoms with van der Waals surface area (Å²) in [6, 6.07) is 26.2. The Morgan fingerprint density at radius 3 is 1.94 bits per heavy atom. The highest BCUT2D eigenvalue weighted by Crippen LogP contribution is 2.07. The van der Waals surface area contributed by atoms with Crippen molar-refractivity contribution < 1.29 is 19.1 Å². The van der Waals surface area contributed by atoms with Gasteiger partial charge in [0.25, 0.3) is 0 Å². The number of alkyl carbamates (subject to hydrolysis) is 1. The van der Waals surface area contributed by atoms with Crippen molar-refractivity contribution in [2.45, 2.75) is 31.5 Å². The molecule has 3 aromatic rings. The fourth-order valence-electron chi connectivity index (χ4n) is 3.39. The number of ether oxygens (including phenoxy) is 1. The largest absolute Gasteiger partial charge is 0.445 e. The second-order valence-corrected chi connectivity index (χ2v) is 7.96. The second-order valence-electron chi connectivity index (χ2n) is 7.96. The van der Waals surface area contributed by atoms with Crippen molar-refractivity contribution >= 4 is 24.0 Å². The number of primary amides is 1. The fraction of sp³-hybridized carbons (Fsp3) is 0.179. The van der Waals surface area contributed by atoms with E-state index in [9.17, 15) is 14.4 Å². The van der Waals surface area contributed by atoms with E-state index in [1.807, 2.05) is 97.1 Å². The summed E-state index contributed by atoms with van der Waals surface area (Å²) in [5.41, 5.74) is 8.16. The van der Waals surface area contributed by atoms with Gasteiger partial charge in [0.05, 0.1) is 0 Å². The zero-order valence-corrected chi connectivity index (χ0v) is 19.3. The van der Waals surface area contributed by atoms with Crippen LogP contribution in [0.5, 0.6) is 0 Å². The lowest BCUT2D eigenvalue weighted by Gasteiger charge is -2.21. The number of amides is 3. The van der Waals surface area contributed by atoms with Crippen LogP contribution in [-0.2, 0) is 27.4 Å². The minimum atomic E-state index is -0.958. The molecular weight excluding hydrogens is 442 g/mol. The average molecular weight is 472 g/mol. The number of carbonyl (C=O) groups is 3. The smallest absolute Gasteiger partial charge is 0.408 e. The lowest BCUT2D eigenvalue weighted by molar-refractivity contribution is -0.128. The topological polar surface area (TPSA) is 111 Å². The Bertz CT molecular complexity index is 1120. The van der Waals surface area contributed by atoms with Crippen molar-refractivity contribution in [1.82, 2.24) is 10.6 Å².